The van der Waals surface area contributed by atoms with E-state index in [9.17, 15) is 9.50 Å². The van der Waals surface area contributed by atoms with E-state index in [0.717, 1.165) is 10.9 Å². The lowest BCUT2D eigenvalue weighted by Gasteiger charge is -2.14. The van der Waals surface area contributed by atoms with Gasteiger partial charge in [0.2, 0.25) is 0 Å². The van der Waals surface area contributed by atoms with Gasteiger partial charge in [0.25, 0.3) is 0 Å². The standard InChI is InChI=1S/C16H11BrFNO/c17-14-6-5-12(18)9-13(14)16(20)11-4-3-10-2-1-7-19-15(10)8-11/h1-9,16,20H. The Bertz CT molecular complexity index is 775. The summed E-state index contributed by atoms with van der Waals surface area (Å²) in [4.78, 5) is 4.26. The Balaban J connectivity index is 2.07. The van der Waals surface area contributed by atoms with Crippen molar-refractivity contribution in [2.75, 3.05) is 0 Å². The first-order chi connectivity index (χ1) is 9.65. The molecule has 0 amide bonds. The first-order valence-electron chi connectivity index (χ1n) is 6.13. The molecule has 0 saturated heterocycles. The summed E-state index contributed by atoms with van der Waals surface area (Å²) in [7, 11) is 0. The zero-order valence-electron chi connectivity index (χ0n) is 10.4. The number of hydrogen-bond acceptors (Lipinski definition) is 2. The molecule has 1 N–H and O–H groups in total. The molecule has 0 fully saturated rings. The van der Waals surface area contributed by atoms with E-state index in [1.165, 1.54) is 12.1 Å². The van der Waals surface area contributed by atoms with Gasteiger partial charge in [-0.1, -0.05) is 34.1 Å². The van der Waals surface area contributed by atoms with Crippen LogP contribution >= 0.6 is 15.9 Å². The van der Waals surface area contributed by atoms with Gasteiger partial charge in [-0.25, -0.2) is 4.39 Å². The highest BCUT2D eigenvalue weighted by Crippen LogP contribution is 2.30. The second-order valence-corrected chi connectivity index (χ2v) is 5.38. The summed E-state index contributed by atoms with van der Waals surface area (Å²) in [6.07, 6.45) is 0.808. The fourth-order valence-electron chi connectivity index (χ4n) is 2.16. The van der Waals surface area contributed by atoms with Crippen LogP contribution in [0.1, 0.15) is 17.2 Å². The predicted molar refractivity (Wildman–Crippen MR) is 79.9 cm³/mol. The lowest BCUT2D eigenvalue weighted by Crippen LogP contribution is -2.01. The maximum absolute atomic E-state index is 13.3. The van der Waals surface area contributed by atoms with Gasteiger partial charge >= 0.3 is 0 Å². The van der Waals surface area contributed by atoms with Crippen LogP contribution in [0.25, 0.3) is 10.9 Å². The summed E-state index contributed by atoms with van der Waals surface area (Å²) in [5.74, 6) is -0.374. The molecule has 3 rings (SSSR count). The monoisotopic (exact) mass is 331 g/mol. The van der Waals surface area contributed by atoms with Crippen molar-refractivity contribution < 1.29 is 9.50 Å². The molecule has 20 heavy (non-hydrogen) atoms. The number of benzene rings is 2. The van der Waals surface area contributed by atoms with Gasteiger partial charge < -0.3 is 5.11 Å². The maximum Gasteiger partial charge on any atom is 0.123 e. The van der Waals surface area contributed by atoms with Crippen LogP contribution in [0.15, 0.2) is 59.2 Å². The molecule has 0 saturated carbocycles. The number of aliphatic hydroxyl groups excluding tert-OH is 1. The average Bonchev–Trinajstić information content (AvgIpc) is 2.48. The molecule has 1 aromatic heterocycles. The Kier molecular flexibility index (Phi) is 3.51. The van der Waals surface area contributed by atoms with E-state index in [2.05, 4.69) is 20.9 Å². The summed E-state index contributed by atoms with van der Waals surface area (Å²) >= 11 is 3.34. The molecule has 3 aromatic rings. The van der Waals surface area contributed by atoms with Crippen molar-refractivity contribution in [2.24, 2.45) is 0 Å². The summed E-state index contributed by atoms with van der Waals surface area (Å²) in [6.45, 7) is 0. The molecule has 1 unspecified atom stereocenters. The molecule has 0 bridgehead atoms. The fraction of sp³-hybridized carbons (Fsp3) is 0.0625. The third-order valence-electron chi connectivity index (χ3n) is 3.20. The second-order valence-electron chi connectivity index (χ2n) is 4.52. The number of nitrogens with zero attached hydrogens (tertiary/aromatic N) is 1. The van der Waals surface area contributed by atoms with Crippen LogP contribution < -0.4 is 0 Å². The summed E-state index contributed by atoms with van der Waals surface area (Å²) < 4.78 is 14.0. The van der Waals surface area contributed by atoms with Gasteiger partial charge in [-0.15, -0.1) is 0 Å². The molecular formula is C16H11BrFNO. The lowest BCUT2D eigenvalue weighted by atomic mass is 10.00. The topological polar surface area (TPSA) is 33.1 Å². The molecule has 0 aliphatic heterocycles. The number of aromatic nitrogens is 1. The largest absolute Gasteiger partial charge is 0.384 e. The minimum Gasteiger partial charge on any atom is -0.384 e. The zero-order chi connectivity index (χ0) is 14.1. The lowest BCUT2D eigenvalue weighted by molar-refractivity contribution is 0.219. The highest BCUT2D eigenvalue weighted by Gasteiger charge is 2.15. The molecule has 4 heteroatoms. The predicted octanol–water partition coefficient (Wildman–Crippen LogP) is 4.22. The van der Waals surface area contributed by atoms with Crippen molar-refractivity contribution in [3.63, 3.8) is 0 Å². The molecular weight excluding hydrogens is 321 g/mol. The van der Waals surface area contributed by atoms with Gasteiger partial charge in [0.15, 0.2) is 0 Å². The molecule has 0 aliphatic rings. The van der Waals surface area contributed by atoms with E-state index in [4.69, 9.17) is 0 Å². The van der Waals surface area contributed by atoms with E-state index in [-0.39, 0.29) is 5.82 Å². The summed E-state index contributed by atoms with van der Waals surface area (Å²) in [6, 6.07) is 13.6. The van der Waals surface area contributed by atoms with Crippen molar-refractivity contribution in [3.05, 3.63) is 76.1 Å². The van der Waals surface area contributed by atoms with Crippen molar-refractivity contribution >= 4 is 26.8 Å². The van der Waals surface area contributed by atoms with Crippen LogP contribution in [0, 0.1) is 5.82 Å². The van der Waals surface area contributed by atoms with Crippen molar-refractivity contribution in [1.82, 2.24) is 4.98 Å². The summed E-state index contributed by atoms with van der Waals surface area (Å²) in [5, 5.41) is 11.4. The van der Waals surface area contributed by atoms with E-state index in [0.29, 0.717) is 15.6 Å². The molecule has 0 spiro atoms. The van der Waals surface area contributed by atoms with Gasteiger partial charge in [-0.3, -0.25) is 4.98 Å². The van der Waals surface area contributed by atoms with E-state index >= 15 is 0 Å². The Labute approximate surface area is 124 Å². The van der Waals surface area contributed by atoms with Crippen LogP contribution in [-0.4, -0.2) is 10.1 Å². The number of pyridine rings is 1. The molecule has 0 radical (unpaired) electrons. The Morgan fingerprint density at radius 2 is 1.95 bits per heavy atom. The van der Waals surface area contributed by atoms with E-state index < -0.39 is 6.10 Å². The third-order valence-corrected chi connectivity index (χ3v) is 3.92. The minimum atomic E-state index is -0.897. The van der Waals surface area contributed by atoms with Crippen molar-refractivity contribution in [3.8, 4) is 0 Å². The van der Waals surface area contributed by atoms with E-state index in [1.54, 1.807) is 12.3 Å². The first-order valence-corrected chi connectivity index (χ1v) is 6.92. The zero-order valence-corrected chi connectivity index (χ0v) is 12.0. The van der Waals surface area contributed by atoms with Crippen LogP contribution in [0.2, 0.25) is 0 Å². The smallest absolute Gasteiger partial charge is 0.123 e. The van der Waals surface area contributed by atoms with Gasteiger partial charge in [0, 0.05) is 21.6 Å². The number of halogens is 2. The van der Waals surface area contributed by atoms with Gasteiger partial charge in [-0.2, -0.15) is 0 Å². The minimum absolute atomic E-state index is 0.374. The highest BCUT2D eigenvalue weighted by atomic mass is 79.9. The van der Waals surface area contributed by atoms with Crippen LogP contribution in [0.3, 0.4) is 0 Å². The number of aliphatic hydroxyl groups is 1. The van der Waals surface area contributed by atoms with Crippen LogP contribution in [-0.2, 0) is 0 Å². The molecule has 2 nitrogen and oxygen atoms in total. The first kappa shape index (κ1) is 13.2. The van der Waals surface area contributed by atoms with Gasteiger partial charge in [-0.05, 0) is 35.9 Å². The maximum atomic E-state index is 13.3. The number of rotatable bonds is 2. The van der Waals surface area contributed by atoms with Crippen molar-refractivity contribution in [1.29, 1.82) is 0 Å². The second kappa shape index (κ2) is 5.31. The normalized spacial score (nSPS) is 12.6. The average molecular weight is 332 g/mol. The summed E-state index contributed by atoms with van der Waals surface area (Å²) in [5.41, 5.74) is 1.99. The molecule has 2 aromatic carbocycles. The van der Waals surface area contributed by atoms with E-state index in [1.807, 2.05) is 30.3 Å². The van der Waals surface area contributed by atoms with Crippen molar-refractivity contribution in [2.45, 2.75) is 6.10 Å². The Morgan fingerprint density at radius 3 is 2.80 bits per heavy atom. The molecule has 1 atom stereocenters. The molecule has 100 valence electrons. The molecule has 1 heterocycles. The van der Waals surface area contributed by atoms with Gasteiger partial charge in [0.1, 0.15) is 11.9 Å². The molecule has 0 aliphatic carbocycles. The van der Waals surface area contributed by atoms with Gasteiger partial charge in [0.05, 0.1) is 5.52 Å². The number of fused-ring (bicyclic) bond motifs is 1. The SMILES string of the molecule is OC(c1ccc2cccnc2c1)c1cc(F)ccc1Br. The quantitative estimate of drug-likeness (QED) is 0.762. The third kappa shape index (κ3) is 2.44. The van der Waals surface area contributed by atoms with Crippen LogP contribution in [0.5, 0.6) is 0 Å². The number of hydrogen-bond donors (Lipinski definition) is 1. The fourth-order valence-corrected chi connectivity index (χ4v) is 2.62. The van der Waals surface area contributed by atoms with Crippen LogP contribution in [0.4, 0.5) is 4.39 Å². The highest BCUT2D eigenvalue weighted by molar-refractivity contribution is 9.10. The Hall–Kier alpha value is -1.78. The Morgan fingerprint density at radius 1 is 1.10 bits per heavy atom.